The summed E-state index contributed by atoms with van der Waals surface area (Å²) in [7, 11) is 0. The van der Waals surface area contributed by atoms with E-state index in [-0.39, 0.29) is 5.92 Å². The molecule has 0 N–H and O–H groups in total. The Morgan fingerprint density at radius 3 is 2.92 bits per heavy atom. The van der Waals surface area contributed by atoms with Crippen molar-refractivity contribution in [2.45, 2.75) is 50.9 Å². The number of aromatic nitrogens is 2. The highest BCUT2D eigenvalue weighted by Crippen LogP contribution is 2.32. The Hall–Kier alpha value is -1.69. The summed E-state index contributed by atoms with van der Waals surface area (Å²) in [6.07, 6.45) is 7.75. The van der Waals surface area contributed by atoms with E-state index < -0.39 is 0 Å². The number of amides is 1. The highest BCUT2D eigenvalue weighted by atomic mass is 32.1. The quantitative estimate of drug-likeness (QED) is 0.837. The number of thiophene rings is 1. The van der Waals surface area contributed by atoms with Crippen molar-refractivity contribution < 1.29 is 9.21 Å². The second kappa shape index (κ2) is 7.05. The summed E-state index contributed by atoms with van der Waals surface area (Å²) >= 11 is 1.60. The van der Waals surface area contributed by atoms with Crippen molar-refractivity contribution in [3.63, 3.8) is 0 Å². The van der Waals surface area contributed by atoms with E-state index in [9.17, 15) is 4.79 Å². The van der Waals surface area contributed by atoms with Crippen LogP contribution in [0.5, 0.6) is 0 Å². The average molecular weight is 345 g/mol. The normalized spacial score (nSPS) is 22.2. The molecule has 1 aliphatic carbocycles. The molecule has 2 aromatic heterocycles. The predicted molar refractivity (Wildman–Crippen MR) is 92.7 cm³/mol. The number of rotatable bonds is 4. The molecule has 24 heavy (non-hydrogen) atoms. The van der Waals surface area contributed by atoms with Crippen LogP contribution >= 0.6 is 11.3 Å². The van der Waals surface area contributed by atoms with Gasteiger partial charge in [0.15, 0.2) is 0 Å². The molecule has 3 heterocycles. The van der Waals surface area contributed by atoms with Gasteiger partial charge in [-0.2, -0.15) is 0 Å². The Kier molecular flexibility index (Phi) is 4.65. The lowest BCUT2D eigenvalue weighted by Gasteiger charge is -2.31. The third-order valence-electron chi connectivity index (χ3n) is 5.23. The highest BCUT2D eigenvalue weighted by molar-refractivity contribution is 7.13. The van der Waals surface area contributed by atoms with Gasteiger partial charge in [-0.1, -0.05) is 18.9 Å². The van der Waals surface area contributed by atoms with Crippen LogP contribution in [-0.2, 0) is 4.79 Å². The van der Waals surface area contributed by atoms with Crippen molar-refractivity contribution in [2.75, 3.05) is 13.1 Å². The smallest absolute Gasteiger partial charge is 0.257 e. The van der Waals surface area contributed by atoms with Gasteiger partial charge in [0.2, 0.25) is 11.8 Å². The van der Waals surface area contributed by atoms with Crippen LogP contribution < -0.4 is 0 Å². The van der Waals surface area contributed by atoms with Gasteiger partial charge in [0, 0.05) is 19.5 Å². The fourth-order valence-corrected chi connectivity index (χ4v) is 4.54. The first kappa shape index (κ1) is 15.8. The van der Waals surface area contributed by atoms with Gasteiger partial charge in [-0.3, -0.25) is 4.79 Å². The zero-order valence-electron chi connectivity index (χ0n) is 13.8. The number of nitrogens with zero attached hydrogens (tertiary/aromatic N) is 3. The van der Waals surface area contributed by atoms with Crippen molar-refractivity contribution in [1.29, 1.82) is 0 Å². The molecule has 5 nitrogen and oxygen atoms in total. The van der Waals surface area contributed by atoms with E-state index >= 15 is 0 Å². The zero-order valence-corrected chi connectivity index (χ0v) is 14.6. The van der Waals surface area contributed by atoms with Crippen LogP contribution in [0.25, 0.3) is 10.8 Å². The molecule has 0 aromatic carbocycles. The van der Waals surface area contributed by atoms with Gasteiger partial charge < -0.3 is 9.32 Å². The summed E-state index contributed by atoms with van der Waals surface area (Å²) < 4.78 is 5.88. The van der Waals surface area contributed by atoms with Crippen LogP contribution in [0.1, 0.15) is 56.8 Å². The van der Waals surface area contributed by atoms with Crippen molar-refractivity contribution in [2.24, 2.45) is 5.92 Å². The van der Waals surface area contributed by atoms with Crippen molar-refractivity contribution in [1.82, 2.24) is 15.1 Å². The van der Waals surface area contributed by atoms with Crippen molar-refractivity contribution in [3.05, 3.63) is 23.4 Å². The second-order valence-corrected chi connectivity index (χ2v) is 7.90. The van der Waals surface area contributed by atoms with Gasteiger partial charge >= 0.3 is 0 Å². The van der Waals surface area contributed by atoms with Crippen LogP contribution in [0.3, 0.4) is 0 Å². The Bertz CT molecular complexity index is 676. The largest absolute Gasteiger partial charge is 0.420 e. The number of hydrogen-bond donors (Lipinski definition) is 0. The van der Waals surface area contributed by atoms with E-state index in [0.29, 0.717) is 23.6 Å². The standard InChI is InChI=1S/C18H23N3O2S/c22-16(11-13-5-1-2-6-13)21-9-3-7-14(12-21)17-19-20-18(23-17)15-8-4-10-24-15/h4,8,10,13-14H,1-3,5-7,9,11-12H2. The minimum absolute atomic E-state index is 0.174. The maximum absolute atomic E-state index is 12.6. The van der Waals surface area contributed by atoms with Crippen LogP contribution in [0, 0.1) is 5.92 Å². The number of carbonyl (C=O) groups is 1. The van der Waals surface area contributed by atoms with E-state index in [1.54, 1.807) is 11.3 Å². The minimum atomic E-state index is 0.174. The van der Waals surface area contributed by atoms with Gasteiger partial charge in [-0.15, -0.1) is 21.5 Å². The molecular weight excluding hydrogens is 322 g/mol. The van der Waals surface area contributed by atoms with Crippen molar-refractivity contribution >= 4 is 17.2 Å². The van der Waals surface area contributed by atoms with E-state index in [2.05, 4.69) is 10.2 Å². The van der Waals surface area contributed by atoms with Gasteiger partial charge in [0.25, 0.3) is 5.89 Å². The molecule has 1 saturated carbocycles. The van der Waals surface area contributed by atoms with E-state index in [1.807, 2.05) is 22.4 Å². The summed E-state index contributed by atoms with van der Waals surface area (Å²) in [6.45, 7) is 1.59. The number of likely N-dealkylation sites (tertiary alicyclic amines) is 1. The summed E-state index contributed by atoms with van der Waals surface area (Å²) in [6, 6.07) is 3.97. The zero-order chi connectivity index (χ0) is 16.4. The summed E-state index contributed by atoms with van der Waals surface area (Å²) in [5.74, 6) is 2.36. The Labute approximate surface area is 146 Å². The topological polar surface area (TPSA) is 59.2 Å². The Morgan fingerprint density at radius 1 is 1.25 bits per heavy atom. The summed E-state index contributed by atoms with van der Waals surface area (Å²) in [5, 5.41) is 10.4. The highest BCUT2D eigenvalue weighted by Gasteiger charge is 2.30. The maximum Gasteiger partial charge on any atom is 0.257 e. The molecule has 6 heteroatoms. The van der Waals surface area contributed by atoms with Crippen molar-refractivity contribution in [3.8, 4) is 10.8 Å². The Morgan fingerprint density at radius 2 is 2.12 bits per heavy atom. The molecule has 4 rings (SSSR count). The van der Waals surface area contributed by atoms with Gasteiger partial charge in [-0.05, 0) is 43.0 Å². The molecule has 1 unspecified atom stereocenters. The molecule has 2 fully saturated rings. The molecule has 1 aliphatic heterocycles. The fraction of sp³-hybridized carbons (Fsp3) is 0.611. The molecule has 0 bridgehead atoms. The molecule has 2 aromatic rings. The SMILES string of the molecule is O=C(CC1CCCC1)N1CCCC(c2nnc(-c3cccs3)o2)C1. The van der Waals surface area contributed by atoms with Gasteiger partial charge in [0.05, 0.1) is 10.8 Å². The Balaban J connectivity index is 1.40. The first-order valence-corrected chi connectivity index (χ1v) is 9.82. The monoisotopic (exact) mass is 345 g/mol. The van der Waals surface area contributed by atoms with Crippen LogP contribution in [-0.4, -0.2) is 34.1 Å². The molecular formula is C18H23N3O2S. The lowest BCUT2D eigenvalue weighted by molar-refractivity contribution is -0.133. The lowest BCUT2D eigenvalue weighted by Crippen LogP contribution is -2.39. The molecule has 2 aliphatic rings. The summed E-state index contributed by atoms with van der Waals surface area (Å²) in [5.41, 5.74) is 0. The fourth-order valence-electron chi connectivity index (χ4n) is 3.90. The molecule has 0 radical (unpaired) electrons. The third kappa shape index (κ3) is 3.38. The number of piperidine rings is 1. The van der Waals surface area contributed by atoms with E-state index in [4.69, 9.17) is 4.42 Å². The minimum Gasteiger partial charge on any atom is -0.420 e. The van der Waals surface area contributed by atoms with Crippen LogP contribution in [0.4, 0.5) is 0 Å². The van der Waals surface area contributed by atoms with Gasteiger partial charge in [-0.25, -0.2) is 0 Å². The maximum atomic E-state index is 12.6. The van der Waals surface area contributed by atoms with Gasteiger partial charge in [0.1, 0.15) is 0 Å². The average Bonchev–Trinajstić information content (AvgIpc) is 3.36. The molecule has 1 atom stereocenters. The number of hydrogen-bond acceptors (Lipinski definition) is 5. The first-order valence-electron chi connectivity index (χ1n) is 8.94. The van der Waals surface area contributed by atoms with Crippen LogP contribution in [0.15, 0.2) is 21.9 Å². The third-order valence-corrected chi connectivity index (χ3v) is 6.09. The predicted octanol–water partition coefficient (Wildman–Crippen LogP) is 4.08. The first-order chi connectivity index (χ1) is 11.8. The molecule has 1 amide bonds. The lowest BCUT2D eigenvalue weighted by atomic mass is 9.96. The van der Waals surface area contributed by atoms with E-state index in [1.165, 1.54) is 25.7 Å². The summed E-state index contributed by atoms with van der Waals surface area (Å²) in [4.78, 5) is 15.6. The number of carbonyl (C=O) groups excluding carboxylic acids is 1. The van der Waals surface area contributed by atoms with E-state index in [0.717, 1.165) is 37.2 Å². The van der Waals surface area contributed by atoms with Crippen LogP contribution in [0.2, 0.25) is 0 Å². The molecule has 128 valence electrons. The molecule has 1 saturated heterocycles. The molecule has 0 spiro atoms. The second-order valence-electron chi connectivity index (χ2n) is 6.96.